The zero-order valence-corrected chi connectivity index (χ0v) is 5.96. The molecule has 0 fully saturated rings. The van der Waals surface area contributed by atoms with Gasteiger partial charge in [0.1, 0.15) is 0 Å². The fourth-order valence-electron chi connectivity index (χ4n) is 0.656. The highest BCUT2D eigenvalue weighted by molar-refractivity contribution is 4.77. The Bertz CT molecular complexity index is 112. The molecule has 11 heavy (non-hydrogen) atoms. The number of alkyl halides is 5. The van der Waals surface area contributed by atoms with E-state index in [9.17, 15) is 22.0 Å². The summed E-state index contributed by atoms with van der Waals surface area (Å²) >= 11 is 0. The van der Waals surface area contributed by atoms with Crippen molar-refractivity contribution in [3.8, 4) is 0 Å². The Balaban J connectivity index is 4.05. The Morgan fingerprint density at radius 3 is 1.91 bits per heavy atom. The highest BCUT2D eigenvalue weighted by Crippen LogP contribution is 2.30. The molecule has 1 unspecified atom stereocenters. The van der Waals surface area contributed by atoms with Gasteiger partial charge in [0.15, 0.2) is 0 Å². The monoisotopic (exact) mass is 176 g/mol. The standard InChI is InChI=1S/C6H9F5/c1-2-3-6(10,11)4(7)5(8)9/h4-5H,2-3H2,1H3. The molecule has 0 aromatic rings. The fraction of sp³-hybridized carbons (Fsp3) is 1.00. The van der Waals surface area contributed by atoms with Gasteiger partial charge in [0, 0.05) is 6.42 Å². The van der Waals surface area contributed by atoms with Crippen LogP contribution in [-0.4, -0.2) is 18.5 Å². The van der Waals surface area contributed by atoms with E-state index in [4.69, 9.17) is 0 Å². The molecule has 0 radical (unpaired) electrons. The van der Waals surface area contributed by atoms with E-state index >= 15 is 0 Å². The van der Waals surface area contributed by atoms with Gasteiger partial charge >= 0.3 is 0 Å². The van der Waals surface area contributed by atoms with Crippen molar-refractivity contribution >= 4 is 0 Å². The first kappa shape index (κ1) is 10.7. The van der Waals surface area contributed by atoms with E-state index in [0.717, 1.165) is 0 Å². The summed E-state index contributed by atoms with van der Waals surface area (Å²) in [6.45, 7) is 1.38. The summed E-state index contributed by atoms with van der Waals surface area (Å²) in [6, 6.07) is 0. The van der Waals surface area contributed by atoms with Gasteiger partial charge in [-0.25, -0.2) is 22.0 Å². The molecule has 0 aliphatic heterocycles. The average molecular weight is 176 g/mol. The van der Waals surface area contributed by atoms with Gasteiger partial charge in [-0.1, -0.05) is 13.3 Å². The van der Waals surface area contributed by atoms with Crippen molar-refractivity contribution in [3.63, 3.8) is 0 Å². The molecule has 0 amide bonds. The van der Waals surface area contributed by atoms with Crippen LogP contribution < -0.4 is 0 Å². The van der Waals surface area contributed by atoms with Crippen LogP contribution in [0.3, 0.4) is 0 Å². The Kier molecular flexibility index (Phi) is 3.75. The van der Waals surface area contributed by atoms with Crippen LogP contribution in [0.25, 0.3) is 0 Å². The zero-order chi connectivity index (χ0) is 9.07. The SMILES string of the molecule is CCCC(F)(F)C(F)C(F)F. The van der Waals surface area contributed by atoms with Crippen LogP contribution in [0.2, 0.25) is 0 Å². The Morgan fingerprint density at radius 2 is 1.64 bits per heavy atom. The van der Waals surface area contributed by atoms with E-state index < -0.39 is 24.9 Å². The van der Waals surface area contributed by atoms with Crippen LogP contribution in [0.1, 0.15) is 19.8 Å². The van der Waals surface area contributed by atoms with Crippen LogP contribution in [0.15, 0.2) is 0 Å². The molecule has 0 heterocycles. The van der Waals surface area contributed by atoms with Gasteiger partial charge in [0.2, 0.25) is 6.17 Å². The second-order valence-corrected chi connectivity index (χ2v) is 2.25. The largest absolute Gasteiger partial charge is 0.284 e. The van der Waals surface area contributed by atoms with E-state index in [1.807, 2.05) is 0 Å². The smallest absolute Gasteiger partial charge is 0.234 e. The summed E-state index contributed by atoms with van der Waals surface area (Å²) < 4.78 is 59.2. The molecular formula is C6H9F5. The van der Waals surface area contributed by atoms with E-state index in [0.29, 0.717) is 0 Å². The quantitative estimate of drug-likeness (QED) is 0.577. The van der Waals surface area contributed by atoms with Gasteiger partial charge in [-0.05, 0) is 0 Å². The van der Waals surface area contributed by atoms with Crippen molar-refractivity contribution in [2.45, 2.75) is 38.3 Å². The number of hydrogen-bond acceptors (Lipinski definition) is 0. The molecule has 0 N–H and O–H groups in total. The third kappa shape index (κ3) is 3.03. The Labute approximate surface area is 61.4 Å². The van der Waals surface area contributed by atoms with Crippen LogP contribution in [0.4, 0.5) is 22.0 Å². The van der Waals surface area contributed by atoms with Crippen LogP contribution in [0.5, 0.6) is 0 Å². The summed E-state index contributed by atoms with van der Waals surface area (Å²) in [5.74, 6) is -3.89. The molecule has 68 valence electrons. The van der Waals surface area contributed by atoms with E-state index in [1.165, 1.54) is 6.92 Å². The average Bonchev–Trinajstić information content (AvgIpc) is 1.86. The lowest BCUT2D eigenvalue weighted by atomic mass is 10.1. The van der Waals surface area contributed by atoms with Gasteiger partial charge in [0.25, 0.3) is 12.3 Å². The number of hydrogen-bond donors (Lipinski definition) is 0. The molecule has 0 saturated heterocycles. The lowest BCUT2D eigenvalue weighted by Crippen LogP contribution is -2.35. The minimum Gasteiger partial charge on any atom is -0.234 e. The zero-order valence-electron chi connectivity index (χ0n) is 5.96. The predicted molar refractivity (Wildman–Crippen MR) is 30.8 cm³/mol. The minimum absolute atomic E-state index is 0.0138. The van der Waals surface area contributed by atoms with Crippen molar-refractivity contribution in [3.05, 3.63) is 0 Å². The first-order valence-electron chi connectivity index (χ1n) is 3.22. The highest BCUT2D eigenvalue weighted by atomic mass is 19.3. The Hall–Kier alpha value is -0.350. The molecule has 1 atom stereocenters. The van der Waals surface area contributed by atoms with Crippen molar-refractivity contribution in [2.75, 3.05) is 0 Å². The lowest BCUT2D eigenvalue weighted by Gasteiger charge is -2.18. The number of rotatable bonds is 4. The Morgan fingerprint density at radius 1 is 1.18 bits per heavy atom. The van der Waals surface area contributed by atoms with Crippen molar-refractivity contribution < 1.29 is 22.0 Å². The molecule has 0 aromatic heterocycles. The maximum atomic E-state index is 12.2. The molecule has 0 aromatic carbocycles. The normalized spacial score (nSPS) is 15.5. The first-order chi connectivity index (χ1) is 4.91. The molecule has 0 spiro atoms. The maximum Gasteiger partial charge on any atom is 0.284 e. The van der Waals surface area contributed by atoms with Crippen molar-refractivity contribution in [1.82, 2.24) is 0 Å². The molecule has 0 nitrogen and oxygen atoms in total. The van der Waals surface area contributed by atoms with Gasteiger partial charge in [-0.15, -0.1) is 0 Å². The summed E-state index contributed by atoms with van der Waals surface area (Å²) in [5.41, 5.74) is 0. The van der Waals surface area contributed by atoms with Crippen LogP contribution in [-0.2, 0) is 0 Å². The molecular weight excluding hydrogens is 167 g/mol. The van der Waals surface area contributed by atoms with Gasteiger partial charge in [0.05, 0.1) is 0 Å². The minimum atomic E-state index is -3.89. The van der Waals surface area contributed by atoms with Crippen LogP contribution >= 0.6 is 0 Å². The third-order valence-electron chi connectivity index (χ3n) is 1.21. The molecule has 0 rings (SSSR count). The first-order valence-corrected chi connectivity index (χ1v) is 3.22. The van der Waals surface area contributed by atoms with Gasteiger partial charge < -0.3 is 0 Å². The highest BCUT2D eigenvalue weighted by Gasteiger charge is 2.44. The maximum absolute atomic E-state index is 12.2. The second-order valence-electron chi connectivity index (χ2n) is 2.25. The molecule has 0 aliphatic carbocycles. The topological polar surface area (TPSA) is 0 Å². The lowest BCUT2D eigenvalue weighted by molar-refractivity contribution is -0.131. The van der Waals surface area contributed by atoms with E-state index in [-0.39, 0.29) is 6.42 Å². The summed E-state index contributed by atoms with van der Waals surface area (Å²) in [4.78, 5) is 0. The fourth-order valence-corrected chi connectivity index (χ4v) is 0.656. The number of halogens is 5. The van der Waals surface area contributed by atoms with Gasteiger partial charge in [-0.3, -0.25) is 0 Å². The van der Waals surface area contributed by atoms with Crippen LogP contribution in [0, 0.1) is 0 Å². The van der Waals surface area contributed by atoms with Crippen molar-refractivity contribution in [2.24, 2.45) is 0 Å². The summed E-state index contributed by atoms with van der Waals surface area (Å²) in [6.07, 6.45) is -7.78. The van der Waals surface area contributed by atoms with E-state index in [1.54, 1.807) is 0 Å². The summed E-state index contributed by atoms with van der Waals surface area (Å²) in [7, 11) is 0. The van der Waals surface area contributed by atoms with Gasteiger partial charge in [-0.2, -0.15) is 0 Å². The molecule has 0 bridgehead atoms. The molecule has 5 heteroatoms. The third-order valence-corrected chi connectivity index (χ3v) is 1.21. The van der Waals surface area contributed by atoms with Crippen molar-refractivity contribution in [1.29, 1.82) is 0 Å². The molecule has 0 aliphatic rings. The predicted octanol–water partition coefficient (Wildman–Crippen LogP) is 3.03. The second kappa shape index (κ2) is 3.88. The summed E-state index contributed by atoms with van der Waals surface area (Å²) in [5, 5.41) is 0. The molecule has 0 saturated carbocycles. The van der Waals surface area contributed by atoms with E-state index in [2.05, 4.69) is 0 Å².